The van der Waals surface area contributed by atoms with E-state index in [4.69, 9.17) is 0 Å². The van der Waals surface area contributed by atoms with Crippen LogP contribution in [0.5, 0.6) is 0 Å². The summed E-state index contributed by atoms with van der Waals surface area (Å²) >= 11 is 0. The van der Waals surface area contributed by atoms with E-state index in [1.165, 1.54) is 27.8 Å². The third-order valence-electron chi connectivity index (χ3n) is 5.07. The quantitative estimate of drug-likeness (QED) is 0.326. The lowest BCUT2D eigenvalue weighted by Gasteiger charge is -2.13. The first-order valence-electron chi connectivity index (χ1n) is 10.3. The monoisotopic (exact) mass is 384 g/mol. The van der Waals surface area contributed by atoms with Crippen LogP contribution in [0.2, 0.25) is 0 Å². The molecule has 30 heavy (non-hydrogen) atoms. The Labute approximate surface area is 179 Å². The maximum absolute atomic E-state index is 3.53. The van der Waals surface area contributed by atoms with Crippen LogP contribution in [0.4, 0.5) is 0 Å². The fraction of sp³-hybridized carbons (Fsp3) is 0.0667. The average molecular weight is 385 g/mol. The molecule has 0 spiro atoms. The van der Waals surface area contributed by atoms with E-state index < -0.39 is 0 Å². The highest BCUT2D eigenvalue weighted by Gasteiger charge is 2.10. The molecule has 0 fully saturated rings. The maximum Gasteiger partial charge on any atom is 0.0248 e. The number of hydrogen-bond donors (Lipinski definition) is 0. The van der Waals surface area contributed by atoms with Crippen LogP contribution in [-0.4, -0.2) is 0 Å². The van der Waals surface area contributed by atoms with E-state index in [0.717, 1.165) is 18.4 Å². The van der Waals surface area contributed by atoms with Crippen LogP contribution < -0.4 is 0 Å². The van der Waals surface area contributed by atoms with Crippen molar-refractivity contribution in [3.05, 3.63) is 149 Å². The Kier molecular flexibility index (Phi) is 6.56. The topological polar surface area (TPSA) is 0 Å². The Balaban J connectivity index is 1.83. The fourth-order valence-electron chi connectivity index (χ4n) is 3.52. The van der Waals surface area contributed by atoms with Crippen LogP contribution in [0, 0.1) is 11.8 Å². The zero-order chi connectivity index (χ0) is 20.4. The summed E-state index contributed by atoms with van der Waals surface area (Å²) in [4.78, 5) is 0. The highest BCUT2D eigenvalue weighted by atomic mass is 14.1. The normalized spacial score (nSPS) is 11.2. The molecule has 4 rings (SSSR count). The van der Waals surface area contributed by atoms with E-state index in [9.17, 15) is 0 Å². The molecule has 0 amide bonds. The minimum Gasteiger partial charge on any atom is -0.0654 e. The van der Waals surface area contributed by atoms with Crippen LogP contribution in [0.3, 0.4) is 0 Å². The van der Waals surface area contributed by atoms with Crippen molar-refractivity contribution >= 4 is 5.57 Å². The SMILES string of the molecule is C(#Cc1ccccc1)/C(Cc1ccccc1)=C(\Cc1ccccc1)c1ccccc1. The molecule has 4 aromatic rings. The van der Waals surface area contributed by atoms with Gasteiger partial charge in [-0.3, -0.25) is 0 Å². The van der Waals surface area contributed by atoms with Crippen LogP contribution in [0.1, 0.15) is 22.3 Å². The van der Waals surface area contributed by atoms with Crippen LogP contribution in [0.25, 0.3) is 5.57 Å². The summed E-state index contributed by atoms with van der Waals surface area (Å²) in [6.07, 6.45) is 1.67. The fourth-order valence-corrected chi connectivity index (χ4v) is 3.52. The van der Waals surface area contributed by atoms with E-state index >= 15 is 0 Å². The molecule has 0 heteroatoms. The maximum atomic E-state index is 3.53. The number of hydrogen-bond acceptors (Lipinski definition) is 0. The van der Waals surface area contributed by atoms with Crippen LogP contribution >= 0.6 is 0 Å². The zero-order valence-electron chi connectivity index (χ0n) is 17.0. The van der Waals surface area contributed by atoms with Gasteiger partial charge in [0.15, 0.2) is 0 Å². The van der Waals surface area contributed by atoms with Gasteiger partial charge < -0.3 is 0 Å². The summed E-state index contributed by atoms with van der Waals surface area (Å²) in [7, 11) is 0. The zero-order valence-corrected chi connectivity index (χ0v) is 17.0. The lowest BCUT2D eigenvalue weighted by atomic mass is 9.90. The van der Waals surface area contributed by atoms with Gasteiger partial charge in [-0.2, -0.15) is 0 Å². The van der Waals surface area contributed by atoms with Gasteiger partial charge in [-0.05, 0) is 40.8 Å². The highest BCUT2D eigenvalue weighted by molar-refractivity contribution is 5.75. The molecule has 144 valence electrons. The summed E-state index contributed by atoms with van der Waals surface area (Å²) < 4.78 is 0. The summed E-state index contributed by atoms with van der Waals surface area (Å²) in [5.41, 5.74) is 7.29. The number of allylic oxidation sites excluding steroid dienone is 2. The van der Waals surface area contributed by atoms with E-state index in [-0.39, 0.29) is 0 Å². The van der Waals surface area contributed by atoms with Crippen molar-refractivity contribution in [3.8, 4) is 11.8 Å². The van der Waals surface area contributed by atoms with Gasteiger partial charge in [-0.15, -0.1) is 0 Å². The summed E-state index contributed by atoms with van der Waals surface area (Å²) in [6.45, 7) is 0. The van der Waals surface area contributed by atoms with E-state index in [1.807, 2.05) is 18.2 Å². The largest absolute Gasteiger partial charge is 0.0654 e. The van der Waals surface area contributed by atoms with Gasteiger partial charge in [0.25, 0.3) is 0 Å². The van der Waals surface area contributed by atoms with Crippen LogP contribution in [0.15, 0.2) is 127 Å². The average Bonchev–Trinajstić information content (AvgIpc) is 2.83. The predicted molar refractivity (Wildman–Crippen MR) is 127 cm³/mol. The Hall–Kier alpha value is -3.82. The summed E-state index contributed by atoms with van der Waals surface area (Å²) in [6, 6.07) is 42.1. The highest BCUT2D eigenvalue weighted by Crippen LogP contribution is 2.26. The standard InChI is InChI=1S/C30H24/c1-5-13-25(14-6-1)21-22-29(23-26-15-7-2-8-16-26)30(28-19-11-4-12-20-28)24-27-17-9-3-10-18-27/h1-20H,23-24H2/b30-29-. The lowest BCUT2D eigenvalue weighted by molar-refractivity contribution is 1.17. The van der Waals surface area contributed by atoms with Gasteiger partial charge in [0.2, 0.25) is 0 Å². The Morgan fingerprint density at radius 3 is 1.53 bits per heavy atom. The Bertz CT molecular complexity index is 1140. The second-order valence-electron chi connectivity index (χ2n) is 7.26. The van der Waals surface area contributed by atoms with E-state index in [1.54, 1.807) is 0 Å². The molecule has 0 bridgehead atoms. The molecule has 4 aromatic carbocycles. The van der Waals surface area contributed by atoms with Gasteiger partial charge in [0.05, 0.1) is 0 Å². The summed E-state index contributed by atoms with van der Waals surface area (Å²) in [5.74, 6) is 6.93. The molecule has 0 unspecified atom stereocenters. The Morgan fingerprint density at radius 2 is 0.967 bits per heavy atom. The molecular weight excluding hydrogens is 360 g/mol. The molecule has 0 aromatic heterocycles. The molecule has 0 aliphatic rings. The van der Waals surface area contributed by atoms with Gasteiger partial charge >= 0.3 is 0 Å². The van der Waals surface area contributed by atoms with Crippen molar-refractivity contribution in [2.24, 2.45) is 0 Å². The molecule has 0 saturated carbocycles. The molecule has 0 N–H and O–H groups in total. The van der Waals surface area contributed by atoms with Gasteiger partial charge in [-0.1, -0.05) is 121 Å². The second kappa shape index (κ2) is 10.1. The second-order valence-corrected chi connectivity index (χ2v) is 7.26. The first-order chi connectivity index (χ1) is 14.9. The van der Waals surface area contributed by atoms with Crippen molar-refractivity contribution in [3.63, 3.8) is 0 Å². The smallest absolute Gasteiger partial charge is 0.0248 e. The van der Waals surface area contributed by atoms with Gasteiger partial charge in [-0.25, -0.2) is 0 Å². The predicted octanol–water partition coefficient (Wildman–Crippen LogP) is 6.98. The minimum atomic E-state index is 0.817. The van der Waals surface area contributed by atoms with Crippen molar-refractivity contribution < 1.29 is 0 Å². The first kappa shape index (κ1) is 19.5. The summed E-state index contributed by atoms with van der Waals surface area (Å²) in [5, 5.41) is 0. The molecular formula is C30H24. The molecule has 0 saturated heterocycles. The lowest BCUT2D eigenvalue weighted by Crippen LogP contribution is -1.99. The third-order valence-corrected chi connectivity index (χ3v) is 5.07. The van der Waals surface area contributed by atoms with Crippen molar-refractivity contribution in [2.45, 2.75) is 12.8 Å². The van der Waals surface area contributed by atoms with E-state index in [0.29, 0.717) is 0 Å². The van der Waals surface area contributed by atoms with Gasteiger partial charge in [0, 0.05) is 17.6 Å². The molecule has 0 heterocycles. The van der Waals surface area contributed by atoms with E-state index in [2.05, 4.69) is 115 Å². The van der Waals surface area contributed by atoms with Crippen LogP contribution in [-0.2, 0) is 12.8 Å². The number of benzene rings is 4. The van der Waals surface area contributed by atoms with Gasteiger partial charge in [0.1, 0.15) is 0 Å². The molecule has 0 aliphatic heterocycles. The molecule has 0 nitrogen and oxygen atoms in total. The minimum absolute atomic E-state index is 0.817. The Morgan fingerprint density at radius 1 is 0.500 bits per heavy atom. The van der Waals surface area contributed by atoms with Crippen molar-refractivity contribution in [2.75, 3.05) is 0 Å². The van der Waals surface area contributed by atoms with Crippen molar-refractivity contribution in [1.82, 2.24) is 0 Å². The first-order valence-corrected chi connectivity index (χ1v) is 10.3. The molecule has 0 radical (unpaired) electrons. The third kappa shape index (κ3) is 5.37. The molecule has 0 aliphatic carbocycles. The van der Waals surface area contributed by atoms with Crippen molar-refractivity contribution in [1.29, 1.82) is 0 Å². The molecule has 0 atom stereocenters. The number of rotatable bonds is 5.